The number of nitrogens with zero attached hydrogens (tertiary/aromatic N) is 2. The Labute approximate surface area is 109 Å². The number of pyridine rings is 1. The molecule has 1 aliphatic carbocycles. The van der Waals surface area contributed by atoms with Crippen LogP contribution in [0.25, 0.3) is 0 Å². The molecule has 98 valence electrons. The molecule has 1 aromatic rings. The minimum absolute atomic E-state index is 0.763. The molecule has 2 aliphatic rings. The Morgan fingerprint density at radius 2 is 2.22 bits per heavy atom. The van der Waals surface area contributed by atoms with Crippen molar-refractivity contribution in [3.8, 4) is 0 Å². The van der Waals surface area contributed by atoms with E-state index in [1.807, 2.05) is 0 Å². The maximum atomic E-state index is 5.68. The van der Waals surface area contributed by atoms with Crippen LogP contribution in [0.4, 0.5) is 5.82 Å². The minimum atomic E-state index is 0.763. The number of rotatable bonds is 3. The lowest BCUT2D eigenvalue weighted by Gasteiger charge is -2.33. The van der Waals surface area contributed by atoms with Crippen LogP contribution in [-0.4, -0.2) is 24.6 Å². The van der Waals surface area contributed by atoms with Crippen molar-refractivity contribution in [2.24, 2.45) is 11.7 Å². The van der Waals surface area contributed by atoms with Gasteiger partial charge >= 0.3 is 0 Å². The highest BCUT2D eigenvalue weighted by atomic mass is 15.2. The molecule has 2 N–H and O–H groups in total. The lowest BCUT2D eigenvalue weighted by molar-refractivity contribution is 0.394. The van der Waals surface area contributed by atoms with Gasteiger partial charge in [0.1, 0.15) is 5.82 Å². The van der Waals surface area contributed by atoms with Crippen molar-refractivity contribution in [3.05, 3.63) is 23.4 Å². The Balaban J connectivity index is 1.73. The molecule has 0 amide bonds. The fraction of sp³-hybridized carbons (Fsp3) is 0.667. The van der Waals surface area contributed by atoms with Gasteiger partial charge in [-0.1, -0.05) is 6.07 Å². The molecule has 18 heavy (non-hydrogen) atoms. The van der Waals surface area contributed by atoms with E-state index in [0.717, 1.165) is 32.0 Å². The van der Waals surface area contributed by atoms with Gasteiger partial charge in [0.2, 0.25) is 0 Å². The first kappa shape index (κ1) is 12.0. The van der Waals surface area contributed by atoms with Crippen LogP contribution in [0.1, 0.15) is 36.9 Å². The Kier molecular flexibility index (Phi) is 3.50. The van der Waals surface area contributed by atoms with Gasteiger partial charge < -0.3 is 10.6 Å². The third-order valence-electron chi connectivity index (χ3n) is 4.33. The maximum Gasteiger partial charge on any atom is 0.128 e. The average Bonchev–Trinajstić information content (AvgIpc) is 2.86. The number of anilines is 1. The summed E-state index contributed by atoms with van der Waals surface area (Å²) in [5.74, 6) is 1.95. The molecule has 1 unspecified atom stereocenters. The number of hydrogen-bond acceptors (Lipinski definition) is 3. The molecule has 3 rings (SSSR count). The molecular weight excluding hydrogens is 222 g/mol. The van der Waals surface area contributed by atoms with Crippen LogP contribution >= 0.6 is 0 Å². The van der Waals surface area contributed by atoms with Crippen molar-refractivity contribution in [1.29, 1.82) is 0 Å². The highest BCUT2D eigenvalue weighted by Gasteiger charge is 2.21. The summed E-state index contributed by atoms with van der Waals surface area (Å²) in [5, 5.41) is 0. The summed E-state index contributed by atoms with van der Waals surface area (Å²) >= 11 is 0. The van der Waals surface area contributed by atoms with Crippen LogP contribution in [0.2, 0.25) is 0 Å². The van der Waals surface area contributed by atoms with Crippen LogP contribution in [0.5, 0.6) is 0 Å². The molecule has 1 aromatic heterocycles. The van der Waals surface area contributed by atoms with E-state index in [-0.39, 0.29) is 0 Å². The lowest BCUT2D eigenvalue weighted by Crippen LogP contribution is -2.36. The van der Waals surface area contributed by atoms with E-state index in [2.05, 4.69) is 17.0 Å². The van der Waals surface area contributed by atoms with Gasteiger partial charge in [0, 0.05) is 18.8 Å². The van der Waals surface area contributed by atoms with Gasteiger partial charge in [-0.2, -0.15) is 0 Å². The third kappa shape index (κ3) is 2.37. The number of nitrogens with two attached hydrogens (primary N) is 1. The van der Waals surface area contributed by atoms with Crippen molar-refractivity contribution in [2.75, 3.05) is 24.5 Å². The highest BCUT2D eigenvalue weighted by Crippen LogP contribution is 2.27. The predicted octanol–water partition coefficient (Wildman–Crippen LogP) is 2.14. The monoisotopic (exact) mass is 245 g/mol. The molecule has 0 bridgehead atoms. The Morgan fingerprint density at radius 3 is 3.11 bits per heavy atom. The van der Waals surface area contributed by atoms with Crippen LogP contribution in [0.15, 0.2) is 12.1 Å². The molecule has 3 heteroatoms. The van der Waals surface area contributed by atoms with E-state index in [1.165, 1.54) is 49.2 Å². The third-order valence-corrected chi connectivity index (χ3v) is 4.33. The summed E-state index contributed by atoms with van der Waals surface area (Å²) in [7, 11) is 0. The lowest BCUT2D eigenvalue weighted by atomic mass is 9.95. The van der Waals surface area contributed by atoms with Gasteiger partial charge in [0.05, 0.1) is 0 Å². The van der Waals surface area contributed by atoms with Crippen LogP contribution in [0, 0.1) is 5.92 Å². The van der Waals surface area contributed by atoms with Crippen molar-refractivity contribution >= 4 is 5.82 Å². The van der Waals surface area contributed by atoms with Gasteiger partial charge in [-0.25, -0.2) is 4.98 Å². The molecule has 1 aliphatic heterocycles. The fourth-order valence-electron chi connectivity index (χ4n) is 3.33. The number of aryl methyl sites for hydroxylation is 2. The maximum absolute atomic E-state index is 5.68. The van der Waals surface area contributed by atoms with Crippen LogP contribution in [0.3, 0.4) is 0 Å². The first-order chi connectivity index (χ1) is 8.86. The standard InChI is InChI=1S/C15H23N3/c16-9-8-12-3-2-10-18(11-12)15-7-6-13-4-1-5-14(13)17-15/h6-7,12H,1-5,8-11,16H2. The van der Waals surface area contributed by atoms with Crippen molar-refractivity contribution < 1.29 is 0 Å². The summed E-state index contributed by atoms with van der Waals surface area (Å²) in [5.41, 5.74) is 8.49. The van der Waals surface area contributed by atoms with E-state index < -0.39 is 0 Å². The number of fused-ring (bicyclic) bond motifs is 1. The quantitative estimate of drug-likeness (QED) is 0.887. The minimum Gasteiger partial charge on any atom is -0.356 e. The Bertz CT molecular complexity index is 414. The van der Waals surface area contributed by atoms with Crippen molar-refractivity contribution in [2.45, 2.75) is 38.5 Å². The van der Waals surface area contributed by atoms with Gasteiger partial charge in [0.25, 0.3) is 0 Å². The largest absolute Gasteiger partial charge is 0.356 e. The predicted molar refractivity (Wildman–Crippen MR) is 74.9 cm³/mol. The second-order valence-electron chi connectivity index (χ2n) is 5.66. The number of aromatic nitrogens is 1. The zero-order valence-electron chi connectivity index (χ0n) is 11.1. The van der Waals surface area contributed by atoms with Crippen LogP contribution < -0.4 is 10.6 Å². The SMILES string of the molecule is NCCC1CCCN(c2ccc3c(n2)CCC3)C1. The number of hydrogen-bond donors (Lipinski definition) is 1. The molecule has 0 spiro atoms. The molecule has 3 nitrogen and oxygen atoms in total. The summed E-state index contributed by atoms with van der Waals surface area (Å²) in [6, 6.07) is 4.51. The molecule has 1 saturated heterocycles. The topological polar surface area (TPSA) is 42.1 Å². The molecule has 0 aromatic carbocycles. The molecule has 1 atom stereocenters. The van der Waals surface area contributed by atoms with Gasteiger partial charge in [-0.3, -0.25) is 0 Å². The summed E-state index contributed by atoms with van der Waals surface area (Å²) < 4.78 is 0. The Morgan fingerprint density at radius 1 is 1.28 bits per heavy atom. The molecule has 2 heterocycles. The van der Waals surface area contributed by atoms with E-state index in [0.29, 0.717) is 0 Å². The second kappa shape index (κ2) is 5.27. The van der Waals surface area contributed by atoms with Crippen LogP contribution in [-0.2, 0) is 12.8 Å². The average molecular weight is 245 g/mol. The van der Waals surface area contributed by atoms with E-state index >= 15 is 0 Å². The van der Waals surface area contributed by atoms with Gasteiger partial charge in [-0.15, -0.1) is 0 Å². The van der Waals surface area contributed by atoms with Crippen molar-refractivity contribution in [3.63, 3.8) is 0 Å². The summed E-state index contributed by atoms with van der Waals surface area (Å²) in [6.45, 7) is 3.12. The first-order valence-electron chi connectivity index (χ1n) is 7.30. The van der Waals surface area contributed by atoms with Crippen molar-refractivity contribution in [1.82, 2.24) is 4.98 Å². The second-order valence-corrected chi connectivity index (χ2v) is 5.66. The molecular formula is C15H23N3. The summed E-state index contributed by atoms with van der Waals surface area (Å²) in [4.78, 5) is 7.33. The van der Waals surface area contributed by atoms with Gasteiger partial charge in [0.15, 0.2) is 0 Å². The Hall–Kier alpha value is -1.09. The zero-order valence-corrected chi connectivity index (χ0v) is 11.1. The molecule has 0 saturated carbocycles. The summed E-state index contributed by atoms with van der Waals surface area (Å²) in [6.07, 6.45) is 7.44. The smallest absolute Gasteiger partial charge is 0.128 e. The van der Waals surface area contributed by atoms with E-state index in [9.17, 15) is 0 Å². The highest BCUT2D eigenvalue weighted by molar-refractivity contribution is 5.43. The zero-order chi connectivity index (χ0) is 12.4. The normalized spacial score (nSPS) is 23.2. The molecule has 0 radical (unpaired) electrons. The van der Waals surface area contributed by atoms with E-state index in [1.54, 1.807) is 0 Å². The molecule has 1 fully saturated rings. The number of piperidine rings is 1. The fourth-order valence-corrected chi connectivity index (χ4v) is 3.33. The van der Waals surface area contributed by atoms with Gasteiger partial charge in [-0.05, 0) is 62.6 Å². The van der Waals surface area contributed by atoms with E-state index in [4.69, 9.17) is 10.7 Å². The first-order valence-corrected chi connectivity index (χ1v) is 7.30.